The summed E-state index contributed by atoms with van der Waals surface area (Å²) in [6.07, 6.45) is 2.07. The van der Waals surface area contributed by atoms with Crippen LogP contribution in [0.15, 0.2) is 54.6 Å². The molecule has 0 radical (unpaired) electrons. The van der Waals surface area contributed by atoms with E-state index >= 15 is 0 Å². The lowest BCUT2D eigenvalue weighted by Crippen LogP contribution is -2.49. The van der Waals surface area contributed by atoms with Crippen LogP contribution in [0.25, 0.3) is 0 Å². The highest BCUT2D eigenvalue weighted by molar-refractivity contribution is 5.85. The summed E-state index contributed by atoms with van der Waals surface area (Å²) >= 11 is 0. The number of hydrogen-bond acceptors (Lipinski definition) is 3. The summed E-state index contributed by atoms with van der Waals surface area (Å²) in [4.78, 5) is 12.5. The fourth-order valence-electron chi connectivity index (χ4n) is 3.48. The Bertz CT molecular complexity index is 719. The minimum atomic E-state index is -0.595. The first kappa shape index (κ1) is 21.4. The molecule has 0 saturated carbocycles. The van der Waals surface area contributed by atoms with E-state index in [9.17, 15) is 9.18 Å². The summed E-state index contributed by atoms with van der Waals surface area (Å²) in [5, 5.41) is 3.01. The van der Waals surface area contributed by atoms with Gasteiger partial charge in [-0.1, -0.05) is 42.5 Å². The summed E-state index contributed by atoms with van der Waals surface area (Å²) in [6.45, 7) is 1.73. The first-order valence-corrected chi connectivity index (χ1v) is 9.00. The van der Waals surface area contributed by atoms with Gasteiger partial charge in [-0.2, -0.15) is 0 Å². The van der Waals surface area contributed by atoms with Gasteiger partial charge in [0.15, 0.2) is 0 Å². The fourth-order valence-corrected chi connectivity index (χ4v) is 3.48. The predicted molar refractivity (Wildman–Crippen MR) is 107 cm³/mol. The topological polar surface area (TPSA) is 64.4 Å². The average Bonchev–Trinajstić information content (AvgIpc) is 2.68. The molecule has 0 aliphatic carbocycles. The van der Waals surface area contributed by atoms with Crippen LogP contribution in [0.1, 0.15) is 24.0 Å². The highest BCUT2D eigenvalue weighted by atomic mass is 35.5. The van der Waals surface area contributed by atoms with Gasteiger partial charge in [0.1, 0.15) is 5.82 Å². The van der Waals surface area contributed by atoms with E-state index in [1.807, 2.05) is 30.3 Å². The Morgan fingerprint density at radius 2 is 1.74 bits per heavy atom. The van der Waals surface area contributed by atoms with E-state index < -0.39 is 6.04 Å². The Labute approximate surface area is 165 Å². The Morgan fingerprint density at radius 1 is 1.11 bits per heavy atom. The van der Waals surface area contributed by atoms with Crippen LogP contribution in [-0.2, 0) is 21.4 Å². The minimum absolute atomic E-state index is 0. The summed E-state index contributed by atoms with van der Waals surface area (Å²) in [5.74, 6) is -0.424. The summed E-state index contributed by atoms with van der Waals surface area (Å²) in [5.41, 5.74) is 7.90. The normalized spacial score (nSPS) is 16.8. The van der Waals surface area contributed by atoms with Crippen molar-refractivity contribution >= 4 is 18.3 Å². The van der Waals surface area contributed by atoms with Crippen molar-refractivity contribution in [1.82, 2.24) is 5.32 Å². The van der Waals surface area contributed by atoms with Crippen LogP contribution in [0, 0.1) is 5.82 Å². The maximum absolute atomic E-state index is 13.3. The molecule has 0 unspecified atom stereocenters. The molecule has 3 rings (SSSR count). The molecule has 1 aliphatic rings. The second-order valence-electron chi connectivity index (χ2n) is 6.91. The Balaban J connectivity index is 0.00000261. The van der Waals surface area contributed by atoms with Crippen molar-refractivity contribution in [3.05, 3.63) is 71.5 Å². The van der Waals surface area contributed by atoms with Crippen molar-refractivity contribution in [1.29, 1.82) is 0 Å². The third-order valence-electron chi connectivity index (χ3n) is 5.14. The second kappa shape index (κ2) is 9.83. The van der Waals surface area contributed by atoms with Crippen LogP contribution in [0.4, 0.5) is 4.39 Å². The summed E-state index contributed by atoms with van der Waals surface area (Å²) in [6, 6.07) is 15.7. The third kappa shape index (κ3) is 5.51. The molecule has 27 heavy (non-hydrogen) atoms. The van der Waals surface area contributed by atoms with Crippen LogP contribution < -0.4 is 11.1 Å². The van der Waals surface area contributed by atoms with Crippen LogP contribution >= 0.6 is 12.4 Å². The second-order valence-corrected chi connectivity index (χ2v) is 6.91. The molecular weight excluding hydrogens is 367 g/mol. The maximum Gasteiger partial charge on any atom is 0.237 e. The average molecular weight is 393 g/mol. The molecule has 1 aliphatic heterocycles. The number of rotatable bonds is 6. The molecule has 2 aromatic carbocycles. The van der Waals surface area contributed by atoms with E-state index in [0.29, 0.717) is 26.2 Å². The van der Waals surface area contributed by atoms with Crippen LogP contribution in [0.5, 0.6) is 0 Å². The Morgan fingerprint density at radius 3 is 2.37 bits per heavy atom. The number of amides is 1. The van der Waals surface area contributed by atoms with Crippen molar-refractivity contribution in [2.75, 3.05) is 19.8 Å². The van der Waals surface area contributed by atoms with E-state index in [0.717, 1.165) is 24.0 Å². The third-order valence-corrected chi connectivity index (χ3v) is 5.14. The van der Waals surface area contributed by atoms with Crippen molar-refractivity contribution in [3.8, 4) is 0 Å². The molecule has 0 spiro atoms. The Hall–Kier alpha value is -1.95. The standard InChI is InChI=1S/C21H25FN2O2.ClH/c22-18-8-6-17(7-9-18)21(10-12-26-13-11-21)15-24-20(25)19(23)14-16-4-2-1-3-5-16;/h1-9,19H,10-15,23H2,(H,24,25);1H/t19-;/m0./s1. The monoisotopic (exact) mass is 392 g/mol. The first-order chi connectivity index (χ1) is 12.6. The molecule has 3 N–H and O–H groups in total. The lowest BCUT2D eigenvalue weighted by Gasteiger charge is -2.38. The fraction of sp³-hybridized carbons (Fsp3) is 0.381. The van der Waals surface area contributed by atoms with Gasteiger partial charge < -0.3 is 15.8 Å². The number of hydrogen-bond donors (Lipinski definition) is 2. The number of nitrogens with two attached hydrogens (primary N) is 1. The quantitative estimate of drug-likeness (QED) is 0.794. The van der Waals surface area contributed by atoms with E-state index in [1.165, 1.54) is 12.1 Å². The molecule has 1 atom stereocenters. The summed E-state index contributed by atoms with van der Waals surface area (Å²) in [7, 11) is 0. The molecule has 2 aromatic rings. The van der Waals surface area contributed by atoms with Gasteiger partial charge in [0, 0.05) is 25.2 Å². The molecule has 1 saturated heterocycles. The molecular formula is C21H26ClFN2O2. The minimum Gasteiger partial charge on any atom is -0.381 e. The molecule has 4 nitrogen and oxygen atoms in total. The lowest BCUT2D eigenvalue weighted by molar-refractivity contribution is -0.122. The number of halogens is 2. The van der Waals surface area contributed by atoms with Crippen LogP contribution in [0.2, 0.25) is 0 Å². The van der Waals surface area contributed by atoms with Gasteiger partial charge in [0.05, 0.1) is 6.04 Å². The summed E-state index contributed by atoms with van der Waals surface area (Å²) < 4.78 is 18.8. The number of benzene rings is 2. The first-order valence-electron chi connectivity index (χ1n) is 9.00. The van der Waals surface area contributed by atoms with Crippen LogP contribution in [-0.4, -0.2) is 31.7 Å². The van der Waals surface area contributed by atoms with Gasteiger partial charge >= 0.3 is 0 Å². The highest BCUT2D eigenvalue weighted by Crippen LogP contribution is 2.34. The van der Waals surface area contributed by atoms with Gasteiger partial charge in [0.2, 0.25) is 5.91 Å². The largest absolute Gasteiger partial charge is 0.381 e. The van der Waals surface area contributed by atoms with Crippen LogP contribution in [0.3, 0.4) is 0 Å². The van der Waals surface area contributed by atoms with Crippen molar-refractivity contribution in [3.63, 3.8) is 0 Å². The Kier molecular flexibility index (Phi) is 7.78. The molecule has 0 bridgehead atoms. The zero-order chi connectivity index (χ0) is 18.4. The molecule has 6 heteroatoms. The van der Waals surface area contributed by atoms with Crippen molar-refractivity contribution in [2.45, 2.75) is 30.7 Å². The number of nitrogens with one attached hydrogen (secondary N) is 1. The molecule has 0 aromatic heterocycles. The maximum atomic E-state index is 13.3. The van der Waals surface area contributed by atoms with Crippen molar-refractivity contribution in [2.24, 2.45) is 5.73 Å². The van der Waals surface area contributed by atoms with Gasteiger partial charge in [-0.15, -0.1) is 12.4 Å². The van der Waals surface area contributed by atoms with E-state index in [2.05, 4.69) is 5.32 Å². The highest BCUT2D eigenvalue weighted by Gasteiger charge is 2.35. The van der Waals surface area contributed by atoms with Gasteiger partial charge in [-0.3, -0.25) is 4.79 Å². The van der Waals surface area contributed by atoms with Gasteiger partial charge in [-0.25, -0.2) is 4.39 Å². The van der Waals surface area contributed by atoms with Gasteiger partial charge in [0.25, 0.3) is 0 Å². The molecule has 1 fully saturated rings. The van der Waals surface area contributed by atoms with E-state index in [-0.39, 0.29) is 29.5 Å². The van der Waals surface area contributed by atoms with Gasteiger partial charge in [-0.05, 0) is 42.5 Å². The van der Waals surface area contributed by atoms with E-state index in [1.54, 1.807) is 12.1 Å². The predicted octanol–water partition coefficient (Wildman–Crippen LogP) is 2.98. The number of ether oxygens (including phenoxy) is 1. The molecule has 1 amide bonds. The number of carbonyl (C=O) groups is 1. The molecule has 1 heterocycles. The lowest BCUT2D eigenvalue weighted by atomic mass is 9.74. The van der Waals surface area contributed by atoms with E-state index in [4.69, 9.17) is 10.5 Å². The van der Waals surface area contributed by atoms with Crippen molar-refractivity contribution < 1.29 is 13.9 Å². The smallest absolute Gasteiger partial charge is 0.237 e. The SMILES string of the molecule is Cl.N[C@@H](Cc1ccccc1)C(=O)NCC1(c2ccc(F)cc2)CCOCC1. The zero-order valence-electron chi connectivity index (χ0n) is 15.2. The zero-order valence-corrected chi connectivity index (χ0v) is 16.0. The number of carbonyl (C=O) groups excluding carboxylic acids is 1. The molecule has 146 valence electrons.